The fourth-order valence-electron chi connectivity index (χ4n) is 2.44. The predicted molar refractivity (Wildman–Crippen MR) is 81.0 cm³/mol. The van der Waals surface area contributed by atoms with Gasteiger partial charge >= 0.3 is 0 Å². The molecule has 0 bridgehead atoms. The maximum Gasteiger partial charge on any atom is 0.214 e. The summed E-state index contributed by atoms with van der Waals surface area (Å²) in [5.41, 5.74) is 2.83. The Morgan fingerprint density at radius 2 is 2.00 bits per heavy atom. The fourth-order valence-corrected chi connectivity index (χ4v) is 3.51. The second-order valence-electron chi connectivity index (χ2n) is 5.02. The van der Waals surface area contributed by atoms with Gasteiger partial charge in [0.2, 0.25) is 10.0 Å². The van der Waals surface area contributed by atoms with E-state index >= 15 is 0 Å². The average molecular weight is 303 g/mol. The number of benzene rings is 1. The van der Waals surface area contributed by atoms with Gasteiger partial charge in [-0.1, -0.05) is 30.3 Å². The molecule has 0 aliphatic carbocycles. The Labute approximate surface area is 124 Å². The van der Waals surface area contributed by atoms with Crippen LogP contribution in [0.25, 0.3) is 11.4 Å². The highest BCUT2D eigenvalue weighted by Gasteiger charge is 2.26. The molecule has 1 aliphatic heterocycles. The summed E-state index contributed by atoms with van der Waals surface area (Å²) in [6, 6.07) is 9.80. The van der Waals surface area contributed by atoms with Crippen LogP contribution in [0.4, 0.5) is 0 Å². The first-order valence-electron chi connectivity index (χ1n) is 6.98. The van der Waals surface area contributed by atoms with Crippen molar-refractivity contribution in [3.63, 3.8) is 0 Å². The number of hydrogen-bond acceptors (Lipinski definition) is 4. The van der Waals surface area contributed by atoms with Gasteiger partial charge in [-0.25, -0.2) is 18.4 Å². The molecule has 0 saturated heterocycles. The van der Waals surface area contributed by atoms with E-state index in [0.29, 0.717) is 25.3 Å². The molecule has 21 heavy (non-hydrogen) atoms. The Balaban J connectivity index is 1.90. The highest BCUT2D eigenvalue weighted by atomic mass is 32.2. The molecule has 0 fully saturated rings. The highest BCUT2D eigenvalue weighted by molar-refractivity contribution is 7.89. The van der Waals surface area contributed by atoms with Crippen LogP contribution in [-0.4, -0.2) is 35.0 Å². The van der Waals surface area contributed by atoms with E-state index in [9.17, 15) is 8.42 Å². The third kappa shape index (κ3) is 2.82. The largest absolute Gasteiger partial charge is 0.236 e. The average Bonchev–Trinajstić information content (AvgIpc) is 2.54. The normalized spacial score (nSPS) is 15.7. The number of nitrogens with zero attached hydrogens (tertiary/aromatic N) is 3. The topological polar surface area (TPSA) is 63.2 Å². The summed E-state index contributed by atoms with van der Waals surface area (Å²) in [6.07, 6.45) is 2.39. The maximum absolute atomic E-state index is 11.9. The van der Waals surface area contributed by atoms with Crippen molar-refractivity contribution >= 4 is 10.0 Å². The van der Waals surface area contributed by atoms with E-state index in [1.54, 1.807) is 13.1 Å². The molecule has 1 aromatic heterocycles. The number of sulfonamides is 1. The molecule has 0 unspecified atom stereocenters. The van der Waals surface area contributed by atoms with Gasteiger partial charge in [0, 0.05) is 36.8 Å². The molecule has 0 amide bonds. The lowest BCUT2D eigenvalue weighted by atomic mass is 10.1. The summed E-state index contributed by atoms with van der Waals surface area (Å²) in [6.45, 7) is 2.54. The van der Waals surface area contributed by atoms with Gasteiger partial charge in [-0.3, -0.25) is 0 Å². The van der Waals surface area contributed by atoms with Gasteiger partial charge in [0.25, 0.3) is 0 Å². The molecule has 0 saturated carbocycles. The van der Waals surface area contributed by atoms with Gasteiger partial charge in [-0.2, -0.15) is 4.31 Å². The summed E-state index contributed by atoms with van der Waals surface area (Å²) >= 11 is 0. The third-order valence-corrected chi connectivity index (χ3v) is 5.52. The van der Waals surface area contributed by atoms with E-state index in [1.165, 1.54) is 4.31 Å². The first-order valence-corrected chi connectivity index (χ1v) is 8.59. The number of fused-ring (bicyclic) bond motifs is 1. The maximum atomic E-state index is 11.9. The molecule has 1 aliphatic rings. The molecular weight excluding hydrogens is 286 g/mol. The minimum Gasteiger partial charge on any atom is -0.236 e. The second-order valence-corrected chi connectivity index (χ2v) is 7.27. The van der Waals surface area contributed by atoms with Crippen LogP contribution in [0.15, 0.2) is 36.5 Å². The van der Waals surface area contributed by atoms with Gasteiger partial charge in [-0.05, 0) is 6.92 Å². The minimum atomic E-state index is -3.15. The molecule has 0 atom stereocenters. The molecule has 5 nitrogen and oxygen atoms in total. The Hall–Kier alpha value is -1.79. The molecule has 0 spiro atoms. The van der Waals surface area contributed by atoms with Crippen molar-refractivity contribution in [2.24, 2.45) is 0 Å². The summed E-state index contributed by atoms with van der Waals surface area (Å²) in [5.74, 6) is 0.826. The first-order chi connectivity index (χ1) is 10.1. The van der Waals surface area contributed by atoms with Crippen LogP contribution in [0.2, 0.25) is 0 Å². The zero-order valence-electron chi connectivity index (χ0n) is 11.9. The van der Waals surface area contributed by atoms with Gasteiger partial charge in [-0.15, -0.1) is 0 Å². The lowest BCUT2D eigenvalue weighted by molar-refractivity contribution is 0.388. The monoisotopic (exact) mass is 303 g/mol. The van der Waals surface area contributed by atoms with Gasteiger partial charge in [0.05, 0.1) is 11.4 Å². The zero-order chi connectivity index (χ0) is 14.9. The smallest absolute Gasteiger partial charge is 0.214 e. The quantitative estimate of drug-likeness (QED) is 0.868. The number of aromatic nitrogens is 2. The summed E-state index contributed by atoms with van der Waals surface area (Å²) < 4.78 is 25.4. The SMILES string of the molecule is CCS(=O)(=O)N1CCc2nc(-c3ccccc3)ncc2C1. The van der Waals surface area contributed by atoms with E-state index in [1.807, 2.05) is 30.3 Å². The van der Waals surface area contributed by atoms with E-state index in [4.69, 9.17) is 0 Å². The zero-order valence-corrected chi connectivity index (χ0v) is 12.7. The molecule has 6 heteroatoms. The fraction of sp³-hybridized carbons (Fsp3) is 0.333. The van der Waals surface area contributed by atoms with Crippen LogP contribution in [0.5, 0.6) is 0 Å². The van der Waals surface area contributed by atoms with Gasteiger partial charge < -0.3 is 0 Å². The first kappa shape index (κ1) is 14.2. The van der Waals surface area contributed by atoms with Crippen molar-refractivity contribution in [1.82, 2.24) is 14.3 Å². The van der Waals surface area contributed by atoms with Crippen LogP contribution in [0, 0.1) is 0 Å². The molecule has 0 radical (unpaired) electrons. The lowest BCUT2D eigenvalue weighted by Gasteiger charge is -2.26. The summed E-state index contributed by atoms with van der Waals surface area (Å²) in [5, 5.41) is 0. The molecular formula is C15H17N3O2S. The Kier molecular flexibility index (Phi) is 3.73. The van der Waals surface area contributed by atoms with Crippen molar-refractivity contribution < 1.29 is 8.42 Å². The molecule has 2 aromatic rings. The van der Waals surface area contributed by atoms with Crippen molar-refractivity contribution in [2.75, 3.05) is 12.3 Å². The predicted octanol–water partition coefficient (Wildman–Crippen LogP) is 1.85. The van der Waals surface area contributed by atoms with Crippen LogP contribution in [-0.2, 0) is 23.0 Å². The molecule has 2 heterocycles. The Morgan fingerprint density at radius 3 is 2.71 bits per heavy atom. The van der Waals surface area contributed by atoms with Crippen LogP contribution < -0.4 is 0 Å². The van der Waals surface area contributed by atoms with Crippen molar-refractivity contribution in [1.29, 1.82) is 0 Å². The second kappa shape index (κ2) is 5.54. The van der Waals surface area contributed by atoms with Crippen molar-refractivity contribution in [3.8, 4) is 11.4 Å². The van der Waals surface area contributed by atoms with Crippen LogP contribution in [0.3, 0.4) is 0 Å². The number of hydrogen-bond donors (Lipinski definition) is 0. The summed E-state index contributed by atoms with van der Waals surface area (Å²) in [7, 11) is -3.15. The summed E-state index contributed by atoms with van der Waals surface area (Å²) in [4.78, 5) is 8.97. The van der Waals surface area contributed by atoms with E-state index < -0.39 is 10.0 Å². The van der Waals surface area contributed by atoms with Crippen LogP contribution >= 0.6 is 0 Å². The van der Waals surface area contributed by atoms with E-state index in [0.717, 1.165) is 16.8 Å². The molecule has 1 aromatic carbocycles. The van der Waals surface area contributed by atoms with Crippen LogP contribution in [0.1, 0.15) is 18.2 Å². The minimum absolute atomic E-state index is 0.130. The van der Waals surface area contributed by atoms with Crippen molar-refractivity contribution in [2.45, 2.75) is 19.9 Å². The molecule has 110 valence electrons. The van der Waals surface area contributed by atoms with Gasteiger partial charge in [0.1, 0.15) is 0 Å². The lowest BCUT2D eigenvalue weighted by Crippen LogP contribution is -2.37. The van der Waals surface area contributed by atoms with E-state index in [2.05, 4.69) is 9.97 Å². The highest BCUT2D eigenvalue weighted by Crippen LogP contribution is 2.22. The molecule has 0 N–H and O–H groups in total. The Morgan fingerprint density at radius 1 is 1.24 bits per heavy atom. The number of rotatable bonds is 3. The third-order valence-electron chi connectivity index (χ3n) is 3.69. The van der Waals surface area contributed by atoms with Crippen molar-refractivity contribution in [3.05, 3.63) is 47.8 Å². The molecule has 3 rings (SSSR count). The Bertz CT molecular complexity index is 745. The van der Waals surface area contributed by atoms with E-state index in [-0.39, 0.29) is 5.75 Å². The standard InChI is InChI=1S/C15H17N3O2S/c1-2-21(19,20)18-9-8-14-13(11-18)10-16-15(17-14)12-6-4-3-5-7-12/h3-7,10H,2,8-9,11H2,1H3. The van der Waals surface area contributed by atoms with Gasteiger partial charge in [0.15, 0.2) is 5.82 Å².